The van der Waals surface area contributed by atoms with Crippen molar-refractivity contribution >= 4 is 51.3 Å². The van der Waals surface area contributed by atoms with E-state index in [9.17, 15) is 5.26 Å². The van der Waals surface area contributed by atoms with E-state index in [1.54, 1.807) is 25.1 Å². The van der Waals surface area contributed by atoms with Crippen LogP contribution in [0.2, 0.25) is 5.02 Å². The number of ether oxygens (including phenoxy) is 1. The van der Waals surface area contributed by atoms with Gasteiger partial charge in [-0.05, 0) is 78.2 Å². The number of nitrogens with one attached hydrogen (secondary N) is 3. The molecule has 1 atom stereocenters. The Balaban J connectivity index is 1.59. The fourth-order valence-electron chi connectivity index (χ4n) is 4.56. The number of nitriles is 1. The molecule has 0 bridgehead atoms. The standard InChI is InChI=1S/C29H36ClN7OS/c1-7-37-19(3)18(2)34-29(37)39-27-10-9-21(13-23(27)30)35-28-20(16-31)17-33-24-15-25(26(38-6)14-22(24)28)32-11-8-12-36(4)5/h9-10,13-15,17,29,32,34H,7-8,11-12H2,1-6H3,(H,33,35). The Morgan fingerprint density at radius 3 is 2.72 bits per heavy atom. The van der Waals surface area contributed by atoms with Gasteiger partial charge in [0.05, 0.1) is 34.6 Å². The largest absolute Gasteiger partial charge is 0.495 e. The number of hydrogen-bond donors (Lipinski definition) is 3. The van der Waals surface area contributed by atoms with Crippen LogP contribution in [-0.4, -0.2) is 61.1 Å². The molecule has 0 fully saturated rings. The predicted molar refractivity (Wildman–Crippen MR) is 163 cm³/mol. The number of anilines is 3. The molecule has 0 amide bonds. The van der Waals surface area contributed by atoms with E-state index >= 15 is 0 Å². The summed E-state index contributed by atoms with van der Waals surface area (Å²) in [5.74, 6) is 0.695. The van der Waals surface area contributed by atoms with Crippen molar-refractivity contribution < 1.29 is 4.74 Å². The molecule has 39 heavy (non-hydrogen) atoms. The van der Waals surface area contributed by atoms with Crippen molar-refractivity contribution in [3.8, 4) is 11.8 Å². The summed E-state index contributed by atoms with van der Waals surface area (Å²) in [6, 6.07) is 12.1. The number of rotatable bonds is 11. The minimum Gasteiger partial charge on any atom is -0.495 e. The van der Waals surface area contributed by atoms with Crippen LogP contribution in [0, 0.1) is 11.3 Å². The zero-order valence-electron chi connectivity index (χ0n) is 23.4. The third-order valence-corrected chi connectivity index (χ3v) is 8.41. The zero-order valence-corrected chi connectivity index (χ0v) is 24.9. The van der Waals surface area contributed by atoms with Crippen LogP contribution >= 0.6 is 23.4 Å². The van der Waals surface area contributed by atoms with Crippen LogP contribution < -0.4 is 20.7 Å². The van der Waals surface area contributed by atoms with Crippen LogP contribution in [0.3, 0.4) is 0 Å². The lowest BCUT2D eigenvalue weighted by molar-refractivity contribution is 0.354. The first kappa shape index (κ1) is 28.7. The number of hydrogen-bond acceptors (Lipinski definition) is 9. The second-order valence-corrected chi connectivity index (χ2v) is 11.2. The molecule has 4 rings (SSSR count). The highest BCUT2D eigenvalue weighted by Crippen LogP contribution is 2.39. The highest BCUT2D eigenvalue weighted by atomic mass is 35.5. The Morgan fingerprint density at radius 1 is 1.26 bits per heavy atom. The summed E-state index contributed by atoms with van der Waals surface area (Å²) >= 11 is 8.43. The zero-order chi connectivity index (χ0) is 28.1. The molecule has 2 heterocycles. The van der Waals surface area contributed by atoms with Crippen molar-refractivity contribution in [3.05, 3.63) is 58.5 Å². The lowest BCUT2D eigenvalue weighted by Gasteiger charge is -2.26. The van der Waals surface area contributed by atoms with E-state index in [0.717, 1.165) is 53.2 Å². The first-order valence-corrected chi connectivity index (χ1v) is 14.2. The lowest BCUT2D eigenvalue weighted by atomic mass is 10.1. The molecule has 2 aromatic carbocycles. The molecule has 0 aliphatic carbocycles. The molecule has 3 aromatic rings. The molecule has 0 radical (unpaired) electrons. The van der Waals surface area contributed by atoms with E-state index in [1.165, 1.54) is 11.4 Å². The molecule has 3 N–H and O–H groups in total. The van der Waals surface area contributed by atoms with E-state index in [4.69, 9.17) is 16.3 Å². The summed E-state index contributed by atoms with van der Waals surface area (Å²) < 4.78 is 5.69. The number of benzene rings is 2. The monoisotopic (exact) mass is 565 g/mol. The van der Waals surface area contributed by atoms with E-state index in [-0.39, 0.29) is 5.50 Å². The van der Waals surface area contributed by atoms with E-state index in [2.05, 4.69) is 71.7 Å². The van der Waals surface area contributed by atoms with Gasteiger partial charge in [-0.1, -0.05) is 23.4 Å². The van der Waals surface area contributed by atoms with Crippen LogP contribution in [0.25, 0.3) is 10.9 Å². The van der Waals surface area contributed by atoms with Crippen LogP contribution in [0.5, 0.6) is 5.75 Å². The van der Waals surface area contributed by atoms with Crippen molar-refractivity contribution in [3.63, 3.8) is 0 Å². The Morgan fingerprint density at radius 2 is 2.05 bits per heavy atom. The smallest absolute Gasteiger partial charge is 0.152 e. The molecule has 0 saturated carbocycles. The van der Waals surface area contributed by atoms with Crippen molar-refractivity contribution in [1.82, 2.24) is 20.1 Å². The van der Waals surface area contributed by atoms with Gasteiger partial charge in [-0.2, -0.15) is 5.26 Å². The van der Waals surface area contributed by atoms with E-state index in [1.807, 2.05) is 30.3 Å². The van der Waals surface area contributed by atoms with Gasteiger partial charge in [-0.25, -0.2) is 0 Å². The number of fused-ring (bicyclic) bond motifs is 1. The Kier molecular flexibility index (Phi) is 9.33. The van der Waals surface area contributed by atoms with Gasteiger partial charge in [0.15, 0.2) is 5.50 Å². The minimum atomic E-state index is 0.0961. The SMILES string of the molecule is CCN1C(C)=C(C)NC1Sc1ccc(Nc2c(C#N)cnc3cc(NCCCN(C)C)c(OC)cc23)cc1Cl. The number of nitrogens with zero attached hydrogens (tertiary/aromatic N) is 4. The van der Waals surface area contributed by atoms with Gasteiger partial charge in [0.1, 0.15) is 11.8 Å². The first-order chi connectivity index (χ1) is 18.7. The fraction of sp³-hybridized carbons (Fsp3) is 0.379. The molecule has 1 aliphatic rings. The summed E-state index contributed by atoms with van der Waals surface area (Å²) in [6.07, 6.45) is 2.60. The average Bonchev–Trinajstić information content (AvgIpc) is 3.19. The van der Waals surface area contributed by atoms with Crippen molar-refractivity contribution in [1.29, 1.82) is 5.26 Å². The molecule has 1 aliphatic heterocycles. The third-order valence-electron chi connectivity index (χ3n) is 6.78. The third kappa shape index (κ3) is 6.47. The molecule has 206 valence electrons. The molecule has 0 spiro atoms. The maximum absolute atomic E-state index is 9.85. The highest BCUT2D eigenvalue weighted by molar-refractivity contribution is 8.00. The molecule has 10 heteroatoms. The molecular formula is C29H36ClN7OS. The second kappa shape index (κ2) is 12.7. The summed E-state index contributed by atoms with van der Waals surface area (Å²) in [5, 5.41) is 21.7. The summed E-state index contributed by atoms with van der Waals surface area (Å²) in [6.45, 7) is 9.09. The van der Waals surface area contributed by atoms with Crippen LogP contribution in [0.15, 0.2) is 52.8 Å². The number of allylic oxidation sites excluding steroid dienone is 2. The van der Waals surface area contributed by atoms with E-state index < -0.39 is 0 Å². The number of aromatic nitrogens is 1. The molecule has 0 saturated heterocycles. The molecule has 1 unspecified atom stereocenters. The van der Waals surface area contributed by atoms with Gasteiger partial charge in [0.25, 0.3) is 0 Å². The molecule has 1 aromatic heterocycles. The van der Waals surface area contributed by atoms with Gasteiger partial charge in [0, 0.05) is 46.6 Å². The van der Waals surface area contributed by atoms with Crippen LogP contribution in [-0.2, 0) is 0 Å². The minimum absolute atomic E-state index is 0.0961. The van der Waals surface area contributed by atoms with Crippen LogP contribution in [0.1, 0.15) is 32.8 Å². The highest BCUT2D eigenvalue weighted by Gasteiger charge is 2.27. The Labute approximate surface area is 240 Å². The van der Waals surface area contributed by atoms with Gasteiger partial charge < -0.3 is 30.5 Å². The van der Waals surface area contributed by atoms with Crippen molar-refractivity contribution in [2.24, 2.45) is 0 Å². The Hall–Kier alpha value is -3.32. The summed E-state index contributed by atoms with van der Waals surface area (Å²) in [7, 11) is 5.77. The van der Waals surface area contributed by atoms with Crippen molar-refractivity contribution in [2.75, 3.05) is 51.5 Å². The Bertz CT molecular complexity index is 1420. The lowest BCUT2D eigenvalue weighted by Crippen LogP contribution is -2.33. The number of thioether (sulfide) groups is 1. The van der Waals surface area contributed by atoms with Gasteiger partial charge in [-0.3, -0.25) is 4.98 Å². The number of methoxy groups -OCH3 is 1. The quantitative estimate of drug-likeness (QED) is 0.228. The average molecular weight is 566 g/mol. The van der Waals surface area contributed by atoms with Crippen LogP contribution in [0.4, 0.5) is 17.1 Å². The normalized spacial score (nSPS) is 15.1. The molecular weight excluding hydrogens is 530 g/mol. The topological polar surface area (TPSA) is 88.5 Å². The molecule has 8 nitrogen and oxygen atoms in total. The van der Waals surface area contributed by atoms with Gasteiger partial charge in [0.2, 0.25) is 0 Å². The van der Waals surface area contributed by atoms with E-state index in [0.29, 0.717) is 22.0 Å². The van der Waals surface area contributed by atoms with Gasteiger partial charge >= 0.3 is 0 Å². The maximum atomic E-state index is 9.85. The van der Waals surface area contributed by atoms with Crippen molar-refractivity contribution in [2.45, 2.75) is 37.6 Å². The number of halogens is 1. The fourth-order valence-corrected chi connectivity index (χ4v) is 6.10. The summed E-state index contributed by atoms with van der Waals surface area (Å²) in [4.78, 5) is 10.0. The second-order valence-electron chi connectivity index (χ2n) is 9.69. The summed E-state index contributed by atoms with van der Waals surface area (Å²) in [5.41, 5.74) is 6.06. The number of pyridine rings is 1. The maximum Gasteiger partial charge on any atom is 0.152 e. The van der Waals surface area contributed by atoms with Gasteiger partial charge in [-0.15, -0.1) is 0 Å². The first-order valence-electron chi connectivity index (χ1n) is 13.0. The predicted octanol–water partition coefficient (Wildman–Crippen LogP) is 6.43.